The van der Waals surface area contributed by atoms with Crippen molar-refractivity contribution in [3.05, 3.63) is 74.6 Å². The van der Waals surface area contributed by atoms with E-state index >= 15 is 0 Å². The number of fused-ring (bicyclic) bond motifs is 1. The molecule has 124 valence electrons. The van der Waals surface area contributed by atoms with Crippen LogP contribution < -0.4 is 5.63 Å². The Bertz CT molecular complexity index is 1120. The molecule has 0 unspecified atom stereocenters. The maximum Gasteiger partial charge on any atom is 0.336 e. The summed E-state index contributed by atoms with van der Waals surface area (Å²) in [5.41, 5.74) is 2.88. The zero-order valence-corrected chi connectivity index (χ0v) is 14.9. The summed E-state index contributed by atoms with van der Waals surface area (Å²) in [5.74, 6) is 0.538. The first kappa shape index (κ1) is 15.7. The van der Waals surface area contributed by atoms with Crippen LogP contribution in [0.4, 0.5) is 0 Å². The Kier molecular flexibility index (Phi) is 3.93. The van der Waals surface area contributed by atoms with Gasteiger partial charge in [0, 0.05) is 21.5 Å². The van der Waals surface area contributed by atoms with Gasteiger partial charge in [-0.3, -0.25) is 0 Å². The predicted octanol–water partition coefficient (Wildman–Crippen LogP) is 3.57. The molecule has 4 aromatic rings. The molecule has 0 aliphatic carbocycles. The summed E-state index contributed by atoms with van der Waals surface area (Å²) in [7, 11) is 0. The van der Waals surface area contributed by atoms with Gasteiger partial charge in [-0.15, -0.1) is 10.2 Å². The molecule has 0 aliphatic rings. The standard InChI is InChI=1S/C18H13BrN4O2/c1-11-2-7-15-13(9-17(24)25-16(15)8-11)10-23-21-18(20-22-23)12-3-5-14(19)6-4-12/h2-9H,10H2,1H3. The van der Waals surface area contributed by atoms with Crippen LogP contribution in [0.25, 0.3) is 22.4 Å². The Balaban J connectivity index is 1.70. The van der Waals surface area contributed by atoms with Crippen LogP contribution in [0.2, 0.25) is 0 Å². The molecule has 6 nitrogen and oxygen atoms in total. The third-order valence-electron chi connectivity index (χ3n) is 3.85. The van der Waals surface area contributed by atoms with E-state index in [1.165, 1.54) is 10.9 Å². The monoisotopic (exact) mass is 396 g/mol. The molecule has 0 saturated carbocycles. The summed E-state index contributed by atoms with van der Waals surface area (Å²) < 4.78 is 6.27. The molecule has 0 bridgehead atoms. The van der Waals surface area contributed by atoms with E-state index in [2.05, 4.69) is 31.3 Å². The molecule has 7 heteroatoms. The fourth-order valence-electron chi connectivity index (χ4n) is 2.65. The zero-order valence-electron chi connectivity index (χ0n) is 13.3. The Morgan fingerprint density at radius 3 is 2.72 bits per heavy atom. The highest BCUT2D eigenvalue weighted by Gasteiger charge is 2.10. The van der Waals surface area contributed by atoms with Crippen LogP contribution in [-0.2, 0) is 6.54 Å². The number of halogens is 1. The number of benzene rings is 2. The lowest BCUT2D eigenvalue weighted by Crippen LogP contribution is -2.08. The number of nitrogens with zero attached hydrogens (tertiary/aromatic N) is 4. The highest BCUT2D eigenvalue weighted by atomic mass is 79.9. The van der Waals surface area contributed by atoms with Crippen LogP contribution in [-0.4, -0.2) is 20.2 Å². The van der Waals surface area contributed by atoms with Gasteiger partial charge in [0.25, 0.3) is 0 Å². The number of rotatable bonds is 3. The quantitative estimate of drug-likeness (QED) is 0.495. The van der Waals surface area contributed by atoms with Crippen molar-refractivity contribution in [1.29, 1.82) is 0 Å². The van der Waals surface area contributed by atoms with Gasteiger partial charge in [-0.25, -0.2) is 4.79 Å². The molecular formula is C18H13BrN4O2. The van der Waals surface area contributed by atoms with Crippen molar-refractivity contribution in [2.45, 2.75) is 13.5 Å². The summed E-state index contributed by atoms with van der Waals surface area (Å²) in [4.78, 5) is 13.3. The van der Waals surface area contributed by atoms with Crippen molar-refractivity contribution in [1.82, 2.24) is 20.2 Å². The van der Waals surface area contributed by atoms with Gasteiger partial charge in [-0.2, -0.15) is 4.80 Å². The van der Waals surface area contributed by atoms with Crippen molar-refractivity contribution >= 4 is 26.9 Å². The summed E-state index contributed by atoms with van der Waals surface area (Å²) in [6.07, 6.45) is 0. The molecule has 0 saturated heterocycles. The Labute approximate surface area is 151 Å². The lowest BCUT2D eigenvalue weighted by Gasteiger charge is -2.05. The first-order valence-corrected chi connectivity index (χ1v) is 8.45. The van der Waals surface area contributed by atoms with E-state index in [-0.39, 0.29) is 5.63 Å². The molecule has 25 heavy (non-hydrogen) atoms. The second-order valence-electron chi connectivity index (χ2n) is 5.74. The smallest absolute Gasteiger partial charge is 0.336 e. The van der Waals surface area contributed by atoms with Gasteiger partial charge >= 0.3 is 5.63 Å². The van der Waals surface area contributed by atoms with E-state index in [0.717, 1.165) is 26.5 Å². The maximum atomic E-state index is 11.8. The molecule has 0 aliphatic heterocycles. The Morgan fingerprint density at radius 1 is 1.12 bits per heavy atom. The lowest BCUT2D eigenvalue weighted by atomic mass is 10.1. The van der Waals surface area contributed by atoms with E-state index in [1.54, 1.807) is 0 Å². The zero-order chi connectivity index (χ0) is 17.4. The second-order valence-corrected chi connectivity index (χ2v) is 6.66. The SMILES string of the molecule is Cc1ccc2c(Cn3nnc(-c4ccc(Br)cc4)n3)cc(=O)oc2c1. The summed E-state index contributed by atoms with van der Waals surface area (Å²) in [5, 5.41) is 13.5. The maximum absolute atomic E-state index is 11.8. The molecule has 0 fully saturated rings. The Morgan fingerprint density at radius 2 is 1.92 bits per heavy atom. The van der Waals surface area contributed by atoms with Crippen molar-refractivity contribution in [2.24, 2.45) is 0 Å². The fourth-order valence-corrected chi connectivity index (χ4v) is 2.91. The van der Waals surface area contributed by atoms with E-state index in [1.807, 2.05) is 49.4 Å². The molecule has 0 radical (unpaired) electrons. The lowest BCUT2D eigenvalue weighted by molar-refractivity contribution is 0.545. The molecule has 0 amide bonds. The van der Waals surface area contributed by atoms with Crippen molar-refractivity contribution < 1.29 is 4.42 Å². The predicted molar refractivity (Wildman–Crippen MR) is 97.3 cm³/mol. The number of tetrazole rings is 1. The minimum atomic E-state index is -0.388. The average molecular weight is 397 g/mol. The summed E-state index contributed by atoms with van der Waals surface area (Å²) in [6, 6.07) is 14.9. The van der Waals surface area contributed by atoms with Gasteiger partial charge in [0.1, 0.15) is 5.58 Å². The molecule has 2 aromatic heterocycles. The van der Waals surface area contributed by atoms with E-state index < -0.39 is 0 Å². The Hall–Kier alpha value is -2.80. The molecule has 4 rings (SSSR count). The van der Waals surface area contributed by atoms with Gasteiger partial charge in [-0.1, -0.05) is 28.1 Å². The molecule has 0 atom stereocenters. The second kappa shape index (κ2) is 6.25. The molecular weight excluding hydrogens is 384 g/mol. The third kappa shape index (κ3) is 3.23. The van der Waals surface area contributed by atoms with Crippen LogP contribution >= 0.6 is 15.9 Å². The van der Waals surface area contributed by atoms with Gasteiger partial charge < -0.3 is 4.42 Å². The molecule has 2 heterocycles. The van der Waals surface area contributed by atoms with E-state index in [9.17, 15) is 4.79 Å². The minimum absolute atomic E-state index is 0.342. The minimum Gasteiger partial charge on any atom is -0.423 e. The number of hydrogen-bond acceptors (Lipinski definition) is 5. The topological polar surface area (TPSA) is 73.8 Å². The van der Waals surface area contributed by atoms with Crippen LogP contribution in [0.15, 0.2) is 62.2 Å². The van der Waals surface area contributed by atoms with Gasteiger partial charge in [0.05, 0.1) is 6.54 Å². The van der Waals surface area contributed by atoms with Crippen LogP contribution in [0.3, 0.4) is 0 Å². The van der Waals surface area contributed by atoms with E-state index in [0.29, 0.717) is 18.0 Å². The fraction of sp³-hybridized carbons (Fsp3) is 0.111. The average Bonchev–Trinajstić information content (AvgIpc) is 3.03. The molecule has 0 N–H and O–H groups in total. The molecule has 0 spiro atoms. The summed E-state index contributed by atoms with van der Waals surface area (Å²) in [6.45, 7) is 2.30. The molecule has 2 aromatic carbocycles. The van der Waals surface area contributed by atoms with Crippen LogP contribution in [0, 0.1) is 6.92 Å². The highest BCUT2D eigenvalue weighted by molar-refractivity contribution is 9.10. The van der Waals surface area contributed by atoms with Crippen molar-refractivity contribution in [3.8, 4) is 11.4 Å². The highest BCUT2D eigenvalue weighted by Crippen LogP contribution is 2.20. The van der Waals surface area contributed by atoms with E-state index in [4.69, 9.17) is 4.42 Å². The largest absolute Gasteiger partial charge is 0.423 e. The first-order valence-electron chi connectivity index (χ1n) is 7.66. The first-order chi connectivity index (χ1) is 12.1. The normalized spacial score (nSPS) is 11.1. The van der Waals surface area contributed by atoms with Crippen molar-refractivity contribution in [2.75, 3.05) is 0 Å². The van der Waals surface area contributed by atoms with Crippen molar-refractivity contribution in [3.63, 3.8) is 0 Å². The number of hydrogen-bond donors (Lipinski definition) is 0. The number of aryl methyl sites for hydroxylation is 1. The third-order valence-corrected chi connectivity index (χ3v) is 4.38. The van der Waals surface area contributed by atoms with Crippen LogP contribution in [0.1, 0.15) is 11.1 Å². The van der Waals surface area contributed by atoms with Gasteiger partial charge in [-0.05, 0) is 53.6 Å². The summed E-state index contributed by atoms with van der Waals surface area (Å²) >= 11 is 3.40. The number of aromatic nitrogens is 4. The van der Waals surface area contributed by atoms with Crippen LogP contribution in [0.5, 0.6) is 0 Å². The van der Waals surface area contributed by atoms with Gasteiger partial charge in [0.2, 0.25) is 5.82 Å². The van der Waals surface area contributed by atoms with Gasteiger partial charge in [0.15, 0.2) is 0 Å².